The molecule has 1 aliphatic carbocycles. The maximum atomic E-state index is 11.4. The van der Waals surface area contributed by atoms with Crippen molar-refractivity contribution in [3.05, 3.63) is 0 Å². The van der Waals surface area contributed by atoms with E-state index in [0.717, 1.165) is 0 Å². The Balaban J connectivity index is 2.31. The zero-order valence-electron chi connectivity index (χ0n) is 10.6. The van der Waals surface area contributed by atoms with Crippen LogP contribution < -0.4 is 16.4 Å². The van der Waals surface area contributed by atoms with Gasteiger partial charge in [0.15, 0.2) is 0 Å². The average Bonchev–Trinajstić information content (AvgIpc) is 3.04. The summed E-state index contributed by atoms with van der Waals surface area (Å²) in [7, 11) is 0. The molecule has 5 N–H and O–H groups in total. The first-order chi connectivity index (χ1) is 8.19. The lowest BCUT2D eigenvalue weighted by molar-refractivity contribution is -0.143. The fourth-order valence-electron chi connectivity index (χ4n) is 1.32. The highest BCUT2D eigenvalue weighted by molar-refractivity contribution is 5.82. The second-order valence-corrected chi connectivity index (χ2v) is 5.37. The molecule has 0 saturated heterocycles. The molecule has 0 aromatic carbocycles. The molecule has 0 radical (unpaired) electrons. The summed E-state index contributed by atoms with van der Waals surface area (Å²) in [6.07, 6.45) is 1.16. The van der Waals surface area contributed by atoms with Crippen molar-refractivity contribution in [1.29, 1.82) is 0 Å². The molecule has 0 aliphatic heterocycles. The number of urea groups is 1. The van der Waals surface area contributed by atoms with E-state index in [2.05, 4.69) is 10.6 Å². The maximum Gasteiger partial charge on any atom is 0.314 e. The van der Waals surface area contributed by atoms with E-state index in [9.17, 15) is 14.4 Å². The zero-order chi connectivity index (χ0) is 14.0. The van der Waals surface area contributed by atoms with E-state index in [0.29, 0.717) is 12.8 Å². The molecule has 0 atom stereocenters. The summed E-state index contributed by atoms with van der Waals surface area (Å²) in [5.74, 6) is -1.40. The van der Waals surface area contributed by atoms with E-state index in [1.165, 1.54) is 0 Å². The SMILES string of the molecule is CC(C)(CNC(=O)NCC1(C(=O)O)CC1)C(N)=O. The lowest BCUT2D eigenvalue weighted by Gasteiger charge is -2.21. The molecule has 1 aliphatic rings. The van der Waals surface area contributed by atoms with Gasteiger partial charge in [-0.3, -0.25) is 9.59 Å². The third kappa shape index (κ3) is 3.35. The minimum Gasteiger partial charge on any atom is -0.481 e. The number of aliphatic carboxylic acids is 1. The molecule has 0 spiro atoms. The third-order valence-electron chi connectivity index (χ3n) is 3.25. The van der Waals surface area contributed by atoms with Gasteiger partial charge in [-0.2, -0.15) is 0 Å². The predicted molar refractivity (Wildman–Crippen MR) is 63.7 cm³/mol. The summed E-state index contributed by atoms with van der Waals surface area (Å²) < 4.78 is 0. The van der Waals surface area contributed by atoms with Gasteiger partial charge in [0.05, 0.1) is 10.8 Å². The normalized spacial score (nSPS) is 16.8. The van der Waals surface area contributed by atoms with E-state index >= 15 is 0 Å². The van der Waals surface area contributed by atoms with E-state index < -0.39 is 28.7 Å². The highest BCUT2D eigenvalue weighted by Gasteiger charge is 2.50. The van der Waals surface area contributed by atoms with Gasteiger partial charge in [0.2, 0.25) is 5.91 Å². The third-order valence-corrected chi connectivity index (χ3v) is 3.25. The number of primary amides is 1. The van der Waals surface area contributed by atoms with E-state index in [4.69, 9.17) is 10.8 Å². The van der Waals surface area contributed by atoms with Crippen molar-refractivity contribution in [3.8, 4) is 0 Å². The molecule has 0 unspecified atom stereocenters. The van der Waals surface area contributed by atoms with Crippen LogP contribution in [0.25, 0.3) is 0 Å². The molecule has 1 saturated carbocycles. The van der Waals surface area contributed by atoms with Crippen LogP contribution in [-0.4, -0.2) is 36.1 Å². The molecular formula is C11H19N3O4. The van der Waals surface area contributed by atoms with Crippen LogP contribution in [0.3, 0.4) is 0 Å². The molecule has 0 bridgehead atoms. The van der Waals surface area contributed by atoms with Crippen LogP contribution >= 0.6 is 0 Å². The summed E-state index contributed by atoms with van der Waals surface area (Å²) >= 11 is 0. The lowest BCUT2D eigenvalue weighted by atomic mass is 9.93. The largest absolute Gasteiger partial charge is 0.481 e. The number of carboxylic acids is 1. The molecule has 0 aromatic rings. The average molecular weight is 257 g/mol. The van der Waals surface area contributed by atoms with Crippen LogP contribution in [-0.2, 0) is 9.59 Å². The number of hydrogen-bond donors (Lipinski definition) is 4. The first kappa shape index (κ1) is 14.3. The molecule has 7 heteroatoms. The zero-order valence-corrected chi connectivity index (χ0v) is 10.6. The number of carbonyl (C=O) groups excluding carboxylic acids is 2. The number of rotatable bonds is 6. The Kier molecular flexibility index (Phi) is 3.83. The highest BCUT2D eigenvalue weighted by Crippen LogP contribution is 2.45. The minimum atomic E-state index is -0.889. The summed E-state index contributed by atoms with van der Waals surface area (Å²) in [5, 5.41) is 13.9. The fourth-order valence-corrected chi connectivity index (χ4v) is 1.32. The summed E-state index contributed by atoms with van der Waals surface area (Å²) in [6.45, 7) is 3.45. The predicted octanol–water partition coefficient (Wildman–Crippen LogP) is -0.338. The Morgan fingerprint density at radius 3 is 2.22 bits per heavy atom. The molecule has 18 heavy (non-hydrogen) atoms. The number of hydrogen-bond acceptors (Lipinski definition) is 3. The number of nitrogens with one attached hydrogen (secondary N) is 2. The number of carboxylic acid groups (broad SMARTS) is 1. The minimum absolute atomic E-state index is 0.102. The van der Waals surface area contributed by atoms with Gasteiger partial charge in [0, 0.05) is 13.1 Å². The standard InChI is InChI=1S/C11H19N3O4/c1-10(2,7(12)15)5-13-9(18)14-6-11(3-4-11)8(16)17/h3-6H2,1-2H3,(H2,12,15)(H,16,17)(H2,13,14,18). The van der Waals surface area contributed by atoms with Gasteiger partial charge in [-0.1, -0.05) is 0 Å². The molecule has 0 heterocycles. The molecule has 1 fully saturated rings. The Hall–Kier alpha value is -1.79. The summed E-state index contributed by atoms with van der Waals surface area (Å²) in [5.41, 5.74) is 3.53. The monoisotopic (exact) mass is 257 g/mol. The first-order valence-corrected chi connectivity index (χ1v) is 5.75. The van der Waals surface area contributed by atoms with Crippen molar-refractivity contribution in [3.63, 3.8) is 0 Å². The Morgan fingerprint density at radius 2 is 1.83 bits per heavy atom. The topological polar surface area (TPSA) is 122 Å². The van der Waals surface area contributed by atoms with Crippen molar-refractivity contribution in [1.82, 2.24) is 10.6 Å². The van der Waals surface area contributed by atoms with Crippen LogP contribution in [0.15, 0.2) is 0 Å². The van der Waals surface area contributed by atoms with E-state index in [1.807, 2.05) is 0 Å². The van der Waals surface area contributed by atoms with Crippen molar-refractivity contribution >= 4 is 17.9 Å². The van der Waals surface area contributed by atoms with Gasteiger partial charge >= 0.3 is 12.0 Å². The van der Waals surface area contributed by atoms with Gasteiger partial charge in [-0.15, -0.1) is 0 Å². The van der Waals surface area contributed by atoms with Crippen molar-refractivity contribution in [2.45, 2.75) is 26.7 Å². The fraction of sp³-hybridized carbons (Fsp3) is 0.727. The Bertz CT molecular complexity index is 352. The van der Waals surface area contributed by atoms with Crippen molar-refractivity contribution in [2.75, 3.05) is 13.1 Å². The quantitative estimate of drug-likeness (QED) is 0.520. The van der Waals surface area contributed by atoms with Crippen LogP contribution in [0.4, 0.5) is 4.79 Å². The van der Waals surface area contributed by atoms with Crippen molar-refractivity contribution in [2.24, 2.45) is 16.6 Å². The number of nitrogens with two attached hydrogens (primary N) is 1. The molecule has 0 aromatic heterocycles. The van der Waals surface area contributed by atoms with Gasteiger partial charge in [0.25, 0.3) is 0 Å². The lowest BCUT2D eigenvalue weighted by Crippen LogP contribution is -2.47. The summed E-state index contributed by atoms with van der Waals surface area (Å²) in [6, 6.07) is -0.489. The van der Waals surface area contributed by atoms with Crippen LogP contribution in [0.2, 0.25) is 0 Å². The number of carbonyl (C=O) groups is 3. The smallest absolute Gasteiger partial charge is 0.314 e. The van der Waals surface area contributed by atoms with Crippen LogP contribution in [0, 0.1) is 10.8 Å². The molecular weight excluding hydrogens is 238 g/mol. The van der Waals surface area contributed by atoms with Crippen LogP contribution in [0.1, 0.15) is 26.7 Å². The Morgan fingerprint density at radius 1 is 1.28 bits per heavy atom. The van der Waals surface area contributed by atoms with Gasteiger partial charge in [0.1, 0.15) is 0 Å². The van der Waals surface area contributed by atoms with Gasteiger partial charge in [-0.25, -0.2) is 4.79 Å². The summed E-state index contributed by atoms with van der Waals surface area (Å²) in [4.78, 5) is 33.3. The molecule has 1 rings (SSSR count). The second-order valence-electron chi connectivity index (χ2n) is 5.37. The Labute approximate surface area is 105 Å². The maximum absolute atomic E-state index is 11.4. The van der Waals surface area contributed by atoms with Gasteiger partial charge in [-0.05, 0) is 26.7 Å². The second kappa shape index (κ2) is 4.83. The first-order valence-electron chi connectivity index (χ1n) is 5.75. The molecule has 102 valence electrons. The molecule has 3 amide bonds. The number of amides is 3. The van der Waals surface area contributed by atoms with Crippen LogP contribution in [0.5, 0.6) is 0 Å². The van der Waals surface area contributed by atoms with Gasteiger partial charge < -0.3 is 21.5 Å². The van der Waals surface area contributed by atoms with E-state index in [1.54, 1.807) is 13.8 Å². The van der Waals surface area contributed by atoms with Crippen molar-refractivity contribution < 1.29 is 19.5 Å². The molecule has 7 nitrogen and oxygen atoms in total. The highest BCUT2D eigenvalue weighted by atomic mass is 16.4. The van der Waals surface area contributed by atoms with E-state index in [-0.39, 0.29) is 13.1 Å².